The van der Waals surface area contributed by atoms with Gasteiger partial charge in [0.05, 0.1) is 6.61 Å². The fraction of sp³-hybridized carbons (Fsp3) is 0.870. The molecule has 6 heteroatoms. The van der Waals surface area contributed by atoms with Gasteiger partial charge in [-0.2, -0.15) is 0 Å². The first-order chi connectivity index (χ1) is 14.0. The summed E-state index contributed by atoms with van der Waals surface area (Å²) in [6.07, 6.45) is 21.9. The molecule has 0 saturated carbocycles. The van der Waals surface area contributed by atoms with Crippen molar-refractivity contribution in [3.05, 3.63) is 12.7 Å². The molecule has 0 aliphatic rings. The maximum atomic E-state index is 12.1. The monoisotopic (exact) mass is 436 g/mol. The van der Waals surface area contributed by atoms with E-state index in [9.17, 15) is 17.1 Å². The van der Waals surface area contributed by atoms with E-state index < -0.39 is 15.1 Å². The van der Waals surface area contributed by atoms with Crippen LogP contribution in [-0.2, 0) is 9.53 Å². The highest BCUT2D eigenvalue weighted by Crippen LogP contribution is 2.20. The van der Waals surface area contributed by atoms with Crippen LogP contribution in [0.2, 0.25) is 6.04 Å². The molecule has 0 radical (unpaired) electrons. The summed E-state index contributed by atoms with van der Waals surface area (Å²) in [6.45, 7) is 3.88. The number of rotatable bonds is 22. The van der Waals surface area contributed by atoms with E-state index >= 15 is 0 Å². The lowest BCUT2D eigenvalue weighted by atomic mass is 10.0. The van der Waals surface area contributed by atoms with Gasteiger partial charge in [0.1, 0.15) is 0 Å². The minimum absolute atomic E-state index is 0.329. The Morgan fingerprint density at radius 3 is 1.24 bits per heavy atom. The molecular formula is C23H43F3O2Si. The summed E-state index contributed by atoms with van der Waals surface area (Å²) in [4.78, 5) is 10.9. The zero-order valence-electron chi connectivity index (χ0n) is 18.4. The van der Waals surface area contributed by atoms with Crippen molar-refractivity contribution in [2.45, 2.75) is 122 Å². The summed E-state index contributed by atoms with van der Waals surface area (Å²) < 4.78 is 41.4. The Hall–Kier alpha value is -0.783. The van der Waals surface area contributed by atoms with Crippen molar-refractivity contribution in [1.29, 1.82) is 0 Å². The SMILES string of the molecule is C=CC(=O)OCCCCCCCCCCCCCCCCCCCC[Si](F)(F)F. The molecule has 0 rings (SSSR count). The summed E-state index contributed by atoms with van der Waals surface area (Å²) in [7, 11) is -5.29. The molecule has 0 aliphatic carbocycles. The van der Waals surface area contributed by atoms with E-state index in [0.717, 1.165) is 32.1 Å². The van der Waals surface area contributed by atoms with Crippen LogP contribution in [0.5, 0.6) is 0 Å². The second-order valence-electron chi connectivity index (χ2n) is 8.10. The van der Waals surface area contributed by atoms with E-state index in [4.69, 9.17) is 4.74 Å². The standard InChI is InChI=1S/C23H43F3O2Si/c1-2-23(27)28-21-19-17-15-13-11-9-7-5-3-4-6-8-10-12-14-16-18-20-22-29(24,25)26/h2H,1,3-22H2. The normalized spacial score (nSPS) is 11.6. The van der Waals surface area contributed by atoms with Gasteiger partial charge in [0, 0.05) is 12.1 Å². The highest BCUT2D eigenvalue weighted by molar-refractivity contribution is 6.58. The maximum absolute atomic E-state index is 12.1. The predicted molar refractivity (Wildman–Crippen MR) is 118 cm³/mol. The van der Waals surface area contributed by atoms with Crippen molar-refractivity contribution in [3.8, 4) is 0 Å². The largest absolute Gasteiger partial charge is 0.616 e. The Bertz CT molecular complexity index is 387. The number of carbonyl (C=O) groups is 1. The van der Waals surface area contributed by atoms with Crippen LogP contribution in [0.25, 0.3) is 0 Å². The van der Waals surface area contributed by atoms with Crippen LogP contribution in [0, 0.1) is 0 Å². The van der Waals surface area contributed by atoms with Crippen molar-refractivity contribution in [1.82, 2.24) is 0 Å². The zero-order valence-corrected chi connectivity index (χ0v) is 19.4. The molecule has 0 heterocycles. The smallest absolute Gasteiger partial charge is 0.463 e. The average Bonchev–Trinajstić information content (AvgIpc) is 2.68. The Morgan fingerprint density at radius 2 is 0.931 bits per heavy atom. The van der Waals surface area contributed by atoms with Crippen molar-refractivity contribution >= 4 is 15.0 Å². The molecule has 0 atom stereocenters. The Labute approximate surface area is 178 Å². The first-order valence-corrected chi connectivity index (χ1v) is 13.7. The molecule has 0 fully saturated rings. The molecule has 0 unspecified atom stereocenters. The van der Waals surface area contributed by atoms with Crippen molar-refractivity contribution in [2.24, 2.45) is 0 Å². The van der Waals surface area contributed by atoms with Gasteiger partial charge in [-0.1, -0.05) is 109 Å². The molecule has 0 N–H and O–H groups in total. The summed E-state index contributed by atoms with van der Waals surface area (Å²) in [5.74, 6) is -0.329. The van der Waals surface area contributed by atoms with Gasteiger partial charge in [0.25, 0.3) is 0 Å². The van der Waals surface area contributed by atoms with Crippen molar-refractivity contribution < 1.29 is 21.9 Å². The Kier molecular flexibility index (Phi) is 19.9. The molecule has 0 amide bonds. The first-order valence-electron chi connectivity index (χ1n) is 11.8. The number of hydrogen-bond donors (Lipinski definition) is 0. The number of ether oxygens (including phenoxy) is 1. The van der Waals surface area contributed by atoms with Gasteiger partial charge in [-0.15, -0.1) is 0 Å². The lowest BCUT2D eigenvalue weighted by molar-refractivity contribution is -0.137. The summed E-state index contributed by atoms with van der Waals surface area (Å²) in [6, 6.07) is -0.484. The van der Waals surface area contributed by atoms with Crippen LogP contribution in [0.1, 0.15) is 116 Å². The highest BCUT2D eigenvalue weighted by Gasteiger charge is 2.35. The third kappa shape index (κ3) is 25.2. The fourth-order valence-electron chi connectivity index (χ4n) is 3.49. The molecule has 0 aromatic carbocycles. The average molecular weight is 437 g/mol. The second-order valence-corrected chi connectivity index (χ2v) is 9.83. The number of hydrogen-bond acceptors (Lipinski definition) is 2. The van der Waals surface area contributed by atoms with E-state index in [1.54, 1.807) is 0 Å². The summed E-state index contributed by atoms with van der Waals surface area (Å²) in [5.41, 5.74) is 0. The summed E-state index contributed by atoms with van der Waals surface area (Å²) in [5, 5.41) is 0. The van der Waals surface area contributed by atoms with Crippen LogP contribution < -0.4 is 0 Å². The van der Waals surface area contributed by atoms with Gasteiger partial charge >= 0.3 is 15.0 Å². The van der Waals surface area contributed by atoms with Crippen LogP contribution in [0.4, 0.5) is 12.3 Å². The molecule has 0 saturated heterocycles. The van der Waals surface area contributed by atoms with Crippen molar-refractivity contribution in [3.63, 3.8) is 0 Å². The summed E-state index contributed by atoms with van der Waals surface area (Å²) >= 11 is 0. The van der Waals surface area contributed by atoms with Gasteiger partial charge in [0.15, 0.2) is 0 Å². The van der Waals surface area contributed by atoms with Gasteiger partial charge in [-0.05, 0) is 12.8 Å². The van der Waals surface area contributed by atoms with Gasteiger partial charge in [-0.3, -0.25) is 0 Å². The van der Waals surface area contributed by atoms with Crippen LogP contribution in [0.15, 0.2) is 12.7 Å². The topological polar surface area (TPSA) is 26.3 Å². The van der Waals surface area contributed by atoms with Crippen LogP contribution in [0.3, 0.4) is 0 Å². The third-order valence-corrected chi connectivity index (χ3v) is 6.19. The van der Waals surface area contributed by atoms with Crippen LogP contribution >= 0.6 is 0 Å². The van der Waals surface area contributed by atoms with Crippen molar-refractivity contribution in [2.75, 3.05) is 6.61 Å². The lowest BCUT2D eigenvalue weighted by Crippen LogP contribution is -2.13. The van der Waals surface area contributed by atoms with E-state index in [1.165, 1.54) is 83.1 Å². The molecule has 0 spiro atoms. The van der Waals surface area contributed by atoms with E-state index in [0.29, 0.717) is 13.0 Å². The van der Waals surface area contributed by atoms with Gasteiger partial charge < -0.3 is 4.74 Å². The van der Waals surface area contributed by atoms with Gasteiger partial charge in [0.2, 0.25) is 0 Å². The molecule has 2 nitrogen and oxygen atoms in total. The quantitative estimate of drug-likeness (QED) is 0.0558. The predicted octanol–water partition coefficient (Wildman–Crippen LogP) is 8.58. The zero-order chi connectivity index (χ0) is 21.6. The minimum atomic E-state index is -5.29. The Balaban J connectivity index is 3.07. The van der Waals surface area contributed by atoms with E-state index in [2.05, 4.69) is 6.58 Å². The number of carbonyl (C=O) groups excluding carboxylic acids is 1. The Morgan fingerprint density at radius 1 is 0.621 bits per heavy atom. The molecule has 29 heavy (non-hydrogen) atoms. The minimum Gasteiger partial charge on any atom is -0.463 e. The number of esters is 1. The molecule has 0 bridgehead atoms. The number of unbranched alkanes of at least 4 members (excludes halogenated alkanes) is 17. The third-order valence-electron chi connectivity index (χ3n) is 5.27. The lowest BCUT2D eigenvalue weighted by Gasteiger charge is -2.04. The number of halogens is 3. The first kappa shape index (κ1) is 28.2. The van der Waals surface area contributed by atoms with E-state index in [1.807, 2.05) is 0 Å². The van der Waals surface area contributed by atoms with E-state index in [-0.39, 0.29) is 5.97 Å². The second kappa shape index (κ2) is 20.5. The van der Waals surface area contributed by atoms with Gasteiger partial charge in [-0.25, -0.2) is 17.1 Å². The van der Waals surface area contributed by atoms with Crippen LogP contribution in [-0.4, -0.2) is 21.7 Å². The highest BCUT2D eigenvalue weighted by atomic mass is 28.5. The fourth-order valence-corrected chi connectivity index (χ4v) is 4.14. The maximum Gasteiger partial charge on any atom is 0.616 e. The molecule has 0 aromatic heterocycles. The molecule has 172 valence electrons. The molecule has 0 aromatic rings. The molecular weight excluding hydrogens is 393 g/mol. The molecule has 0 aliphatic heterocycles.